The zero-order valence-electron chi connectivity index (χ0n) is 11.2. The molecule has 20 heavy (non-hydrogen) atoms. The number of nitrogen functional groups attached to an aromatic ring is 1. The Bertz CT molecular complexity index is 585. The van der Waals surface area contributed by atoms with Gasteiger partial charge in [0.15, 0.2) is 6.29 Å². The second kappa shape index (κ2) is 5.61. The van der Waals surface area contributed by atoms with Crippen LogP contribution in [0.4, 0.5) is 5.95 Å². The maximum atomic E-state index is 11.6. The van der Waals surface area contributed by atoms with Crippen LogP contribution in [0.1, 0.15) is 12.6 Å². The van der Waals surface area contributed by atoms with Crippen molar-refractivity contribution >= 4 is 13.1 Å². The van der Waals surface area contributed by atoms with Gasteiger partial charge in [-0.1, -0.05) is 0 Å². The van der Waals surface area contributed by atoms with Crippen LogP contribution in [0.2, 0.25) is 0 Å². The zero-order chi connectivity index (χ0) is 14.9. The Labute approximate surface area is 115 Å². The van der Waals surface area contributed by atoms with E-state index in [1.165, 1.54) is 6.33 Å². The van der Waals surface area contributed by atoms with E-state index in [1.807, 2.05) is 0 Å². The van der Waals surface area contributed by atoms with Gasteiger partial charge >= 0.3 is 5.69 Å². The molecule has 112 valence electrons. The monoisotopic (exact) mass is 304 g/mol. The quantitative estimate of drug-likeness (QED) is 0.707. The number of aliphatic hydroxyl groups is 1. The predicted molar refractivity (Wildman–Crippen MR) is 70.6 cm³/mol. The summed E-state index contributed by atoms with van der Waals surface area (Å²) in [4.78, 5) is 18.8. The van der Waals surface area contributed by atoms with Crippen LogP contribution in [0.3, 0.4) is 0 Å². The Balaban J connectivity index is 2.06. The number of nitrogens with two attached hydrogens (primary N) is 1. The number of hydrogen-bond acceptors (Lipinski definition) is 8. The van der Waals surface area contributed by atoms with Crippen molar-refractivity contribution in [1.82, 2.24) is 14.5 Å². The van der Waals surface area contributed by atoms with E-state index in [0.717, 1.165) is 4.57 Å². The highest BCUT2D eigenvalue weighted by molar-refractivity contribution is 7.62. The summed E-state index contributed by atoms with van der Waals surface area (Å²) in [5, 5.41) is 9.84. The van der Waals surface area contributed by atoms with Gasteiger partial charge in [-0.2, -0.15) is 4.98 Å². The summed E-state index contributed by atoms with van der Waals surface area (Å²) in [6, 6.07) is 0. The topological polar surface area (TPSA) is 130 Å². The van der Waals surface area contributed by atoms with Gasteiger partial charge in [0.05, 0.1) is 0 Å². The molecule has 1 aromatic heterocycles. The minimum atomic E-state index is -2.38. The largest absolute Gasteiger partial charge is 0.388 e. The number of nitrogens with zero attached hydrogens (tertiary/aromatic N) is 3. The summed E-state index contributed by atoms with van der Waals surface area (Å²) in [5.41, 5.74) is 4.68. The average Bonchev–Trinajstić information content (AvgIpc) is 2.67. The first-order valence-corrected chi connectivity index (χ1v) is 8.75. The van der Waals surface area contributed by atoms with E-state index in [4.69, 9.17) is 15.2 Å². The Kier molecular flexibility index (Phi) is 4.24. The minimum absolute atomic E-state index is 0.00537. The molecular weight excluding hydrogens is 287 g/mol. The number of rotatable bonds is 4. The van der Waals surface area contributed by atoms with Gasteiger partial charge in [0.25, 0.3) is 0 Å². The summed E-state index contributed by atoms with van der Waals surface area (Å²) >= 11 is 0. The Morgan fingerprint density at radius 3 is 2.95 bits per heavy atom. The van der Waals surface area contributed by atoms with Crippen LogP contribution in [0, 0.1) is 0 Å². The molecule has 0 unspecified atom stereocenters. The molecule has 1 aromatic rings. The van der Waals surface area contributed by atoms with Gasteiger partial charge in [0.1, 0.15) is 32.1 Å². The van der Waals surface area contributed by atoms with Gasteiger partial charge in [0, 0.05) is 6.42 Å². The lowest BCUT2D eigenvalue weighted by atomic mass is 10.3. The summed E-state index contributed by atoms with van der Waals surface area (Å²) < 4.78 is 23.4. The van der Waals surface area contributed by atoms with Crippen LogP contribution in [0.15, 0.2) is 11.1 Å². The van der Waals surface area contributed by atoms with Crippen molar-refractivity contribution in [2.45, 2.75) is 25.0 Å². The summed E-state index contributed by atoms with van der Waals surface area (Å²) in [7, 11) is -2.38. The van der Waals surface area contributed by atoms with Crippen LogP contribution in [0.25, 0.3) is 0 Å². The fourth-order valence-electron chi connectivity index (χ4n) is 1.75. The molecule has 0 amide bonds. The Morgan fingerprint density at radius 1 is 1.65 bits per heavy atom. The molecule has 1 aliphatic heterocycles. The van der Waals surface area contributed by atoms with Crippen molar-refractivity contribution in [3.63, 3.8) is 0 Å². The van der Waals surface area contributed by atoms with Crippen molar-refractivity contribution in [3.8, 4) is 0 Å². The van der Waals surface area contributed by atoms with Crippen molar-refractivity contribution in [3.05, 3.63) is 16.8 Å². The SMILES string of the molecule is CP(C)(=O)CO[C@H]1O[C@@H](n2cnc(N)nc2=O)C[C@@H]1O. The lowest BCUT2D eigenvalue weighted by molar-refractivity contribution is -0.167. The van der Waals surface area contributed by atoms with Crippen molar-refractivity contribution in [2.75, 3.05) is 25.4 Å². The first kappa shape index (κ1) is 15.1. The molecule has 3 N–H and O–H groups in total. The molecule has 2 heterocycles. The fourth-order valence-corrected chi connectivity index (χ4v) is 2.26. The van der Waals surface area contributed by atoms with Crippen molar-refractivity contribution in [1.29, 1.82) is 0 Å². The number of anilines is 1. The number of ether oxygens (including phenoxy) is 2. The molecule has 2 rings (SSSR count). The number of hydrogen-bond donors (Lipinski definition) is 2. The molecule has 0 radical (unpaired) electrons. The van der Waals surface area contributed by atoms with Crippen LogP contribution in [-0.2, 0) is 14.0 Å². The molecule has 0 saturated carbocycles. The van der Waals surface area contributed by atoms with E-state index in [1.54, 1.807) is 13.3 Å². The fraction of sp³-hybridized carbons (Fsp3) is 0.700. The third-order valence-corrected chi connectivity index (χ3v) is 3.42. The third-order valence-electron chi connectivity index (χ3n) is 2.65. The molecule has 10 heteroatoms. The molecule has 0 aliphatic carbocycles. The van der Waals surface area contributed by atoms with Gasteiger partial charge in [-0.3, -0.25) is 4.57 Å². The van der Waals surface area contributed by atoms with E-state index in [2.05, 4.69) is 9.97 Å². The van der Waals surface area contributed by atoms with E-state index in [-0.39, 0.29) is 18.7 Å². The van der Waals surface area contributed by atoms with E-state index < -0.39 is 31.5 Å². The third kappa shape index (κ3) is 3.63. The lowest BCUT2D eigenvalue weighted by Crippen LogP contribution is -2.28. The summed E-state index contributed by atoms with van der Waals surface area (Å²) in [5.74, 6) is -0.129. The van der Waals surface area contributed by atoms with E-state index in [0.29, 0.717) is 0 Å². The standard InChI is InChI=1S/C10H17N4O5P/c1-20(2,17)5-18-8-6(15)3-7(19-8)14-4-12-9(11)13-10(14)16/h4,6-8,15H,3,5H2,1-2H3,(H2,11,13,16)/t6-,7+,8-/m0/s1. The van der Waals surface area contributed by atoms with Gasteiger partial charge < -0.3 is 24.9 Å². The van der Waals surface area contributed by atoms with Gasteiger partial charge in [-0.05, 0) is 13.3 Å². The van der Waals surface area contributed by atoms with E-state index in [9.17, 15) is 14.5 Å². The molecule has 1 saturated heterocycles. The van der Waals surface area contributed by atoms with Crippen LogP contribution in [0.5, 0.6) is 0 Å². The number of aromatic nitrogens is 3. The van der Waals surface area contributed by atoms with Crippen molar-refractivity contribution < 1.29 is 19.1 Å². The summed E-state index contributed by atoms with van der Waals surface area (Å²) in [6.45, 7) is 3.15. The van der Waals surface area contributed by atoms with E-state index >= 15 is 0 Å². The molecule has 1 fully saturated rings. The van der Waals surface area contributed by atoms with Gasteiger partial charge in [-0.15, -0.1) is 0 Å². The van der Waals surface area contributed by atoms with Gasteiger partial charge in [-0.25, -0.2) is 9.78 Å². The molecule has 0 bridgehead atoms. The smallest absolute Gasteiger partial charge is 0.354 e. The average molecular weight is 304 g/mol. The molecule has 9 nitrogen and oxygen atoms in total. The van der Waals surface area contributed by atoms with Gasteiger partial charge in [0.2, 0.25) is 5.95 Å². The predicted octanol–water partition coefficient (Wildman–Crippen LogP) is -0.577. The highest BCUT2D eigenvalue weighted by Crippen LogP contribution is 2.38. The second-order valence-corrected chi connectivity index (χ2v) is 8.44. The zero-order valence-corrected chi connectivity index (χ0v) is 12.1. The highest BCUT2D eigenvalue weighted by atomic mass is 31.2. The van der Waals surface area contributed by atoms with Crippen LogP contribution >= 0.6 is 7.14 Å². The van der Waals surface area contributed by atoms with Crippen LogP contribution < -0.4 is 11.4 Å². The normalized spacial score (nSPS) is 26.9. The molecular formula is C10H17N4O5P. The molecule has 1 aliphatic rings. The Hall–Kier alpha value is -1.28. The molecule has 3 atom stereocenters. The summed E-state index contributed by atoms with van der Waals surface area (Å²) in [6.07, 6.45) is -1.25. The minimum Gasteiger partial charge on any atom is -0.388 e. The Morgan fingerprint density at radius 2 is 2.35 bits per heavy atom. The molecule has 0 aromatic carbocycles. The maximum Gasteiger partial charge on any atom is 0.354 e. The first-order chi connectivity index (χ1) is 9.26. The number of aliphatic hydroxyl groups excluding tert-OH is 1. The highest BCUT2D eigenvalue weighted by Gasteiger charge is 2.37. The van der Waals surface area contributed by atoms with Crippen LogP contribution in [-0.4, -0.2) is 51.7 Å². The molecule has 0 spiro atoms. The second-order valence-electron chi connectivity index (χ2n) is 5.04. The first-order valence-electron chi connectivity index (χ1n) is 5.96. The lowest BCUT2D eigenvalue weighted by Gasteiger charge is -2.17. The van der Waals surface area contributed by atoms with Crippen molar-refractivity contribution in [2.24, 2.45) is 0 Å². The maximum absolute atomic E-state index is 11.6.